The lowest BCUT2D eigenvalue weighted by Gasteiger charge is -2.21. The zero-order valence-corrected chi connectivity index (χ0v) is 10.8. The summed E-state index contributed by atoms with van der Waals surface area (Å²) in [6.45, 7) is 8.20. The summed E-state index contributed by atoms with van der Waals surface area (Å²) in [5.74, 6) is -0.909. The summed E-state index contributed by atoms with van der Waals surface area (Å²) >= 11 is 1.20. The van der Waals surface area contributed by atoms with Gasteiger partial charge in [0.05, 0.1) is 5.69 Å². The van der Waals surface area contributed by atoms with Gasteiger partial charge in [-0.1, -0.05) is 6.92 Å². The summed E-state index contributed by atoms with van der Waals surface area (Å²) in [5.41, 5.74) is 0.122. The Morgan fingerprint density at radius 1 is 1.50 bits per heavy atom. The van der Waals surface area contributed by atoms with Crippen molar-refractivity contribution in [3.05, 3.63) is 15.6 Å². The highest BCUT2D eigenvalue weighted by molar-refractivity contribution is 7.13. The molecule has 0 bridgehead atoms. The molecular formula is C11H17NO3S. The summed E-state index contributed by atoms with van der Waals surface area (Å²) < 4.78 is 5.56. The summed E-state index contributed by atoms with van der Waals surface area (Å²) in [6, 6.07) is 0. The minimum Gasteiger partial charge on any atom is -0.477 e. The minimum absolute atomic E-state index is 0.324. The molecule has 0 aromatic carbocycles. The van der Waals surface area contributed by atoms with Crippen LogP contribution in [0.2, 0.25) is 0 Å². The second kappa shape index (κ2) is 4.93. The van der Waals surface area contributed by atoms with Crippen LogP contribution in [-0.2, 0) is 16.8 Å². The molecule has 1 N–H and O–H groups in total. The number of hydrogen-bond donors (Lipinski definition) is 1. The zero-order valence-electron chi connectivity index (χ0n) is 10.0. The number of ether oxygens (including phenoxy) is 1. The van der Waals surface area contributed by atoms with Crippen LogP contribution in [0.5, 0.6) is 0 Å². The predicted molar refractivity (Wildman–Crippen MR) is 63.1 cm³/mol. The van der Waals surface area contributed by atoms with Crippen molar-refractivity contribution in [2.45, 2.75) is 39.7 Å². The lowest BCUT2D eigenvalue weighted by Crippen LogP contribution is -2.21. The first-order valence-corrected chi connectivity index (χ1v) is 6.11. The molecule has 0 fully saturated rings. The number of rotatable bonds is 5. The van der Waals surface area contributed by atoms with E-state index in [9.17, 15) is 4.79 Å². The third kappa shape index (κ3) is 2.59. The summed E-state index contributed by atoms with van der Waals surface area (Å²) in [7, 11) is 0. The van der Waals surface area contributed by atoms with E-state index in [2.05, 4.69) is 4.98 Å². The third-order valence-electron chi connectivity index (χ3n) is 2.25. The maximum Gasteiger partial charge on any atom is 0.347 e. The van der Waals surface area contributed by atoms with E-state index in [1.165, 1.54) is 11.3 Å². The molecule has 0 unspecified atom stereocenters. The van der Waals surface area contributed by atoms with Crippen LogP contribution in [0.25, 0.3) is 0 Å². The first-order chi connectivity index (χ1) is 7.42. The van der Waals surface area contributed by atoms with Crippen molar-refractivity contribution in [2.75, 3.05) is 6.61 Å². The van der Waals surface area contributed by atoms with E-state index >= 15 is 0 Å². The lowest BCUT2D eigenvalue weighted by atomic mass is 10.1. The van der Waals surface area contributed by atoms with E-state index in [0.29, 0.717) is 23.6 Å². The first-order valence-electron chi connectivity index (χ1n) is 5.29. The molecule has 0 amide bonds. The van der Waals surface area contributed by atoms with Gasteiger partial charge in [-0.15, -0.1) is 11.3 Å². The summed E-state index contributed by atoms with van der Waals surface area (Å²) in [4.78, 5) is 15.7. The molecule has 1 aromatic heterocycles. The SMILES string of the molecule is CCOC(C)(C)c1nc(CC)c(C(=O)O)s1. The van der Waals surface area contributed by atoms with Gasteiger partial charge in [0.25, 0.3) is 0 Å². The number of carbonyl (C=O) groups is 1. The molecular weight excluding hydrogens is 226 g/mol. The number of carboxylic acid groups (broad SMARTS) is 1. The molecule has 0 aliphatic heterocycles. The number of aromatic carboxylic acids is 1. The highest BCUT2D eigenvalue weighted by atomic mass is 32.1. The molecule has 90 valence electrons. The Kier molecular flexibility index (Phi) is 4.04. The summed E-state index contributed by atoms with van der Waals surface area (Å²) in [5, 5.41) is 9.76. The highest BCUT2D eigenvalue weighted by Crippen LogP contribution is 2.31. The number of thiazole rings is 1. The van der Waals surface area contributed by atoms with Crippen molar-refractivity contribution >= 4 is 17.3 Å². The van der Waals surface area contributed by atoms with Gasteiger partial charge >= 0.3 is 5.97 Å². The van der Waals surface area contributed by atoms with Gasteiger partial charge in [-0.2, -0.15) is 0 Å². The first kappa shape index (κ1) is 13.1. The van der Waals surface area contributed by atoms with E-state index in [1.807, 2.05) is 27.7 Å². The van der Waals surface area contributed by atoms with Crippen molar-refractivity contribution in [3.8, 4) is 0 Å². The van der Waals surface area contributed by atoms with E-state index in [0.717, 1.165) is 5.01 Å². The van der Waals surface area contributed by atoms with Crippen LogP contribution in [-0.4, -0.2) is 22.7 Å². The average molecular weight is 243 g/mol. The molecule has 0 saturated heterocycles. The number of hydrogen-bond acceptors (Lipinski definition) is 4. The van der Waals surface area contributed by atoms with Crippen LogP contribution >= 0.6 is 11.3 Å². The van der Waals surface area contributed by atoms with Gasteiger partial charge in [-0.25, -0.2) is 9.78 Å². The van der Waals surface area contributed by atoms with Crippen LogP contribution in [0, 0.1) is 0 Å². The number of carboxylic acids is 1. The van der Waals surface area contributed by atoms with Crippen LogP contribution in [0.15, 0.2) is 0 Å². The fourth-order valence-electron chi connectivity index (χ4n) is 1.44. The van der Waals surface area contributed by atoms with Gasteiger partial charge in [-0.05, 0) is 27.2 Å². The van der Waals surface area contributed by atoms with Crippen molar-refractivity contribution in [3.63, 3.8) is 0 Å². The fourth-order valence-corrected chi connectivity index (χ4v) is 2.49. The summed E-state index contributed by atoms with van der Waals surface area (Å²) in [6.07, 6.45) is 0.625. The van der Waals surface area contributed by atoms with E-state index < -0.39 is 11.6 Å². The van der Waals surface area contributed by atoms with Crippen LogP contribution in [0.3, 0.4) is 0 Å². The maximum atomic E-state index is 11.0. The Morgan fingerprint density at radius 3 is 2.50 bits per heavy atom. The van der Waals surface area contributed by atoms with Crippen LogP contribution in [0.1, 0.15) is 48.1 Å². The number of aryl methyl sites for hydroxylation is 1. The van der Waals surface area contributed by atoms with Crippen molar-refractivity contribution in [1.82, 2.24) is 4.98 Å². The van der Waals surface area contributed by atoms with Gasteiger partial charge in [0.1, 0.15) is 15.5 Å². The van der Waals surface area contributed by atoms with Gasteiger partial charge in [-0.3, -0.25) is 0 Å². The number of aromatic nitrogens is 1. The highest BCUT2D eigenvalue weighted by Gasteiger charge is 2.28. The van der Waals surface area contributed by atoms with Gasteiger partial charge in [0, 0.05) is 6.61 Å². The Hall–Kier alpha value is -0.940. The Balaban J connectivity index is 3.12. The molecule has 0 aliphatic carbocycles. The lowest BCUT2D eigenvalue weighted by molar-refractivity contribution is -0.0142. The molecule has 1 rings (SSSR count). The minimum atomic E-state index is -0.909. The van der Waals surface area contributed by atoms with Crippen molar-refractivity contribution < 1.29 is 14.6 Å². The van der Waals surface area contributed by atoms with Crippen molar-refractivity contribution in [2.24, 2.45) is 0 Å². The monoisotopic (exact) mass is 243 g/mol. The van der Waals surface area contributed by atoms with E-state index in [4.69, 9.17) is 9.84 Å². The molecule has 0 aliphatic rings. The molecule has 0 radical (unpaired) electrons. The molecule has 16 heavy (non-hydrogen) atoms. The molecule has 1 aromatic rings. The van der Waals surface area contributed by atoms with Gasteiger partial charge in [0.2, 0.25) is 0 Å². The average Bonchev–Trinajstić information content (AvgIpc) is 2.61. The third-order valence-corrected chi connectivity index (χ3v) is 3.64. The quantitative estimate of drug-likeness (QED) is 0.863. The predicted octanol–water partition coefficient (Wildman–Crippen LogP) is 2.68. The second-order valence-electron chi connectivity index (χ2n) is 3.90. The largest absolute Gasteiger partial charge is 0.477 e. The fraction of sp³-hybridized carbons (Fsp3) is 0.636. The zero-order chi connectivity index (χ0) is 12.3. The number of nitrogens with zero attached hydrogens (tertiary/aromatic N) is 1. The van der Waals surface area contributed by atoms with Gasteiger partial charge in [0.15, 0.2) is 0 Å². The van der Waals surface area contributed by atoms with E-state index in [1.54, 1.807) is 0 Å². The molecule has 1 heterocycles. The maximum absolute atomic E-state index is 11.0. The Bertz CT molecular complexity index is 385. The van der Waals surface area contributed by atoms with E-state index in [-0.39, 0.29) is 0 Å². The molecule has 4 nitrogen and oxygen atoms in total. The standard InChI is InChI=1S/C11H17NO3S/c1-5-7-8(9(13)14)16-10(12-7)11(3,4)15-6-2/h5-6H2,1-4H3,(H,13,14). The van der Waals surface area contributed by atoms with Crippen LogP contribution in [0.4, 0.5) is 0 Å². The smallest absolute Gasteiger partial charge is 0.347 e. The second-order valence-corrected chi connectivity index (χ2v) is 4.90. The molecule has 0 saturated carbocycles. The molecule has 0 atom stereocenters. The Morgan fingerprint density at radius 2 is 2.12 bits per heavy atom. The van der Waals surface area contributed by atoms with Crippen LogP contribution < -0.4 is 0 Å². The normalized spacial score (nSPS) is 11.8. The topological polar surface area (TPSA) is 59.4 Å². The molecule has 5 heteroatoms. The Labute approximate surface area is 99.3 Å². The molecule has 0 spiro atoms. The van der Waals surface area contributed by atoms with Gasteiger partial charge < -0.3 is 9.84 Å². The van der Waals surface area contributed by atoms with Crippen molar-refractivity contribution in [1.29, 1.82) is 0 Å².